The van der Waals surface area contributed by atoms with E-state index < -0.39 is 21.9 Å². The predicted octanol–water partition coefficient (Wildman–Crippen LogP) is 2.17. The number of fused-ring (bicyclic) bond motifs is 1. The highest BCUT2D eigenvalue weighted by molar-refractivity contribution is 7.90. The molecule has 0 aromatic heterocycles. The molecule has 2 aliphatic rings. The van der Waals surface area contributed by atoms with Gasteiger partial charge in [-0.1, -0.05) is 18.2 Å². The van der Waals surface area contributed by atoms with Crippen LogP contribution in [0, 0.1) is 0 Å². The van der Waals surface area contributed by atoms with E-state index >= 15 is 0 Å². The lowest BCUT2D eigenvalue weighted by molar-refractivity contribution is 0.0286. The first-order chi connectivity index (χ1) is 11.2. The molecule has 0 aliphatic carbocycles. The second-order valence-electron chi connectivity index (χ2n) is 7.18. The molecule has 0 radical (unpaired) electrons. The summed E-state index contributed by atoms with van der Waals surface area (Å²) < 4.78 is 34.5. The van der Waals surface area contributed by atoms with Gasteiger partial charge >= 0.3 is 16.3 Å². The van der Waals surface area contributed by atoms with Crippen LogP contribution in [0.4, 0.5) is 10.5 Å². The molecule has 1 fully saturated rings. The Morgan fingerprint density at radius 3 is 2.71 bits per heavy atom. The fourth-order valence-corrected chi connectivity index (χ4v) is 4.47. The first-order valence-corrected chi connectivity index (χ1v) is 9.45. The van der Waals surface area contributed by atoms with E-state index in [-0.39, 0.29) is 6.04 Å². The van der Waals surface area contributed by atoms with Gasteiger partial charge in [0.05, 0.1) is 5.69 Å². The van der Waals surface area contributed by atoms with E-state index in [2.05, 4.69) is 4.72 Å². The number of nitrogens with zero attached hydrogens (tertiary/aromatic N) is 2. The summed E-state index contributed by atoms with van der Waals surface area (Å²) in [5, 5.41) is 0. The SMILES string of the molecule is CC(C)(C)OC(=O)N1CC[C@H](N2Cc3ccccc3NS2(=O)=O)C1. The van der Waals surface area contributed by atoms with Crippen molar-refractivity contribution < 1.29 is 17.9 Å². The maximum absolute atomic E-state index is 12.5. The van der Waals surface area contributed by atoms with E-state index in [4.69, 9.17) is 4.74 Å². The van der Waals surface area contributed by atoms with Crippen LogP contribution in [-0.4, -0.2) is 48.4 Å². The first kappa shape index (κ1) is 17.0. The molecule has 1 N–H and O–H groups in total. The maximum atomic E-state index is 12.5. The Labute approximate surface area is 142 Å². The summed E-state index contributed by atoms with van der Waals surface area (Å²) in [6, 6.07) is 7.11. The van der Waals surface area contributed by atoms with Crippen LogP contribution in [0.3, 0.4) is 0 Å². The summed E-state index contributed by atoms with van der Waals surface area (Å²) in [6.07, 6.45) is 0.204. The molecule has 1 atom stereocenters. The van der Waals surface area contributed by atoms with Crippen molar-refractivity contribution in [1.29, 1.82) is 0 Å². The second-order valence-corrected chi connectivity index (χ2v) is 8.80. The number of hydrogen-bond acceptors (Lipinski definition) is 4. The van der Waals surface area contributed by atoms with Crippen molar-refractivity contribution in [1.82, 2.24) is 9.21 Å². The Hall–Kier alpha value is -1.80. The van der Waals surface area contributed by atoms with Crippen molar-refractivity contribution in [2.75, 3.05) is 17.8 Å². The summed E-state index contributed by atoms with van der Waals surface area (Å²) >= 11 is 0. The molecule has 0 unspecified atom stereocenters. The molecule has 2 heterocycles. The van der Waals surface area contributed by atoms with Crippen LogP contribution in [0.5, 0.6) is 0 Å². The fourth-order valence-electron chi connectivity index (χ4n) is 3.00. The van der Waals surface area contributed by atoms with Gasteiger partial charge in [0.25, 0.3) is 0 Å². The summed E-state index contributed by atoms with van der Waals surface area (Å²) in [5.41, 5.74) is 0.992. The number of para-hydroxylation sites is 1. The Morgan fingerprint density at radius 2 is 2.00 bits per heavy atom. The summed E-state index contributed by atoms with van der Waals surface area (Å²) in [4.78, 5) is 13.7. The highest BCUT2D eigenvalue weighted by Crippen LogP contribution is 2.30. The third-order valence-electron chi connectivity index (χ3n) is 4.11. The number of likely N-dealkylation sites (tertiary alicyclic amines) is 1. The predicted molar refractivity (Wildman–Crippen MR) is 90.7 cm³/mol. The summed E-state index contributed by atoms with van der Waals surface area (Å²) in [5.74, 6) is 0. The van der Waals surface area contributed by atoms with Crippen LogP contribution in [0.2, 0.25) is 0 Å². The summed E-state index contributed by atoms with van der Waals surface area (Å²) in [7, 11) is -3.60. The van der Waals surface area contributed by atoms with Gasteiger partial charge in [0.15, 0.2) is 0 Å². The number of rotatable bonds is 1. The molecule has 1 aromatic carbocycles. The van der Waals surface area contributed by atoms with Crippen LogP contribution < -0.4 is 4.72 Å². The van der Waals surface area contributed by atoms with Gasteiger partial charge in [-0.15, -0.1) is 0 Å². The van der Waals surface area contributed by atoms with Gasteiger partial charge in [-0.3, -0.25) is 4.72 Å². The summed E-state index contributed by atoms with van der Waals surface area (Å²) in [6.45, 7) is 6.60. The minimum atomic E-state index is -3.60. The molecule has 132 valence electrons. The van der Waals surface area contributed by atoms with E-state index in [9.17, 15) is 13.2 Å². The number of amides is 1. The van der Waals surface area contributed by atoms with Crippen molar-refractivity contribution >= 4 is 22.0 Å². The van der Waals surface area contributed by atoms with Crippen molar-refractivity contribution in [3.63, 3.8) is 0 Å². The van der Waals surface area contributed by atoms with Crippen molar-refractivity contribution in [3.05, 3.63) is 29.8 Å². The monoisotopic (exact) mass is 353 g/mol. The van der Waals surface area contributed by atoms with Crippen LogP contribution in [0.15, 0.2) is 24.3 Å². The molecule has 0 spiro atoms. The normalized spacial score (nSPS) is 23.5. The minimum Gasteiger partial charge on any atom is -0.444 e. The zero-order valence-corrected chi connectivity index (χ0v) is 15.0. The lowest BCUT2D eigenvalue weighted by atomic mass is 10.1. The molecule has 8 heteroatoms. The van der Waals surface area contributed by atoms with Gasteiger partial charge in [0.2, 0.25) is 0 Å². The van der Waals surface area contributed by atoms with Crippen LogP contribution in [0.1, 0.15) is 32.8 Å². The Balaban J connectivity index is 1.73. The van der Waals surface area contributed by atoms with E-state index in [0.29, 0.717) is 31.7 Å². The van der Waals surface area contributed by atoms with E-state index in [0.717, 1.165) is 5.56 Å². The molecular formula is C16H23N3O4S. The van der Waals surface area contributed by atoms with Gasteiger partial charge < -0.3 is 9.64 Å². The number of hydrogen-bond donors (Lipinski definition) is 1. The quantitative estimate of drug-likeness (QED) is 0.839. The van der Waals surface area contributed by atoms with Crippen molar-refractivity contribution in [2.45, 2.75) is 45.4 Å². The van der Waals surface area contributed by atoms with E-state index in [1.165, 1.54) is 4.31 Å². The Kier molecular flexibility index (Phi) is 4.21. The zero-order chi connectivity index (χ0) is 17.5. The molecule has 1 amide bonds. The Morgan fingerprint density at radius 1 is 1.29 bits per heavy atom. The molecule has 2 aliphatic heterocycles. The standard InChI is InChI=1S/C16H23N3O4S/c1-16(2,3)23-15(20)18-9-8-13(11-18)19-10-12-6-4-5-7-14(12)17-24(19,21)22/h4-7,13,17H,8-11H2,1-3H3/t13-/m0/s1. The molecular weight excluding hydrogens is 330 g/mol. The number of carbonyl (C=O) groups is 1. The third-order valence-corrected chi connectivity index (χ3v) is 5.64. The number of nitrogens with one attached hydrogen (secondary N) is 1. The zero-order valence-electron chi connectivity index (χ0n) is 14.2. The number of benzene rings is 1. The lowest BCUT2D eigenvalue weighted by Crippen LogP contribution is -2.47. The fraction of sp³-hybridized carbons (Fsp3) is 0.562. The first-order valence-electron chi connectivity index (χ1n) is 8.01. The molecule has 0 saturated carbocycles. The largest absolute Gasteiger partial charge is 0.444 e. The number of carbonyl (C=O) groups excluding carboxylic acids is 1. The molecule has 7 nitrogen and oxygen atoms in total. The third kappa shape index (κ3) is 3.49. The number of anilines is 1. The van der Waals surface area contributed by atoms with Crippen LogP contribution in [-0.2, 0) is 21.5 Å². The topological polar surface area (TPSA) is 79.0 Å². The van der Waals surface area contributed by atoms with Crippen molar-refractivity contribution in [2.24, 2.45) is 0 Å². The van der Waals surface area contributed by atoms with E-state index in [1.807, 2.05) is 32.9 Å². The molecule has 24 heavy (non-hydrogen) atoms. The smallest absolute Gasteiger partial charge is 0.410 e. The average Bonchev–Trinajstić information content (AvgIpc) is 2.93. The molecule has 3 rings (SSSR count). The maximum Gasteiger partial charge on any atom is 0.410 e. The minimum absolute atomic E-state index is 0.247. The second kappa shape index (κ2) is 5.93. The van der Waals surface area contributed by atoms with Gasteiger partial charge in [-0.25, -0.2) is 4.79 Å². The van der Waals surface area contributed by atoms with Crippen LogP contribution >= 0.6 is 0 Å². The lowest BCUT2D eigenvalue weighted by Gasteiger charge is -2.33. The van der Waals surface area contributed by atoms with Gasteiger partial charge in [-0.2, -0.15) is 12.7 Å². The number of ether oxygens (including phenoxy) is 1. The van der Waals surface area contributed by atoms with Gasteiger partial charge in [-0.05, 0) is 38.8 Å². The Bertz CT molecular complexity index is 742. The van der Waals surface area contributed by atoms with Gasteiger partial charge in [0.1, 0.15) is 5.60 Å². The molecule has 0 bridgehead atoms. The van der Waals surface area contributed by atoms with Crippen molar-refractivity contribution in [3.8, 4) is 0 Å². The highest BCUT2D eigenvalue weighted by atomic mass is 32.2. The molecule has 1 saturated heterocycles. The molecule has 1 aromatic rings. The van der Waals surface area contributed by atoms with Crippen LogP contribution in [0.25, 0.3) is 0 Å². The average molecular weight is 353 g/mol. The van der Waals surface area contributed by atoms with Gasteiger partial charge in [0, 0.05) is 25.7 Å². The highest BCUT2D eigenvalue weighted by Gasteiger charge is 2.40. The van der Waals surface area contributed by atoms with E-state index in [1.54, 1.807) is 17.0 Å².